The lowest BCUT2D eigenvalue weighted by Crippen LogP contribution is -2.26. The molecular formula is C23H23BrN6O2. The molecule has 164 valence electrons. The molecule has 1 aliphatic rings. The average molecular weight is 495 g/mol. The maximum atomic E-state index is 13.5. The summed E-state index contributed by atoms with van der Waals surface area (Å²) in [4.78, 5) is 27.2. The lowest BCUT2D eigenvalue weighted by atomic mass is 9.99. The van der Waals surface area contributed by atoms with Gasteiger partial charge < -0.3 is 10.6 Å². The quantitative estimate of drug-likeness (QED) is 0.459. The molecule has 1 fully saturated rings. The highest BCUT2D eigenvalue weighted by Crippen LogP contribution is 2.25. The Morgan fingerprint density at radius 1 is 1.12 bits per heavy atom. The van der Waals surface area contributed by atoms with Gasteiger partial charge in [-0.1, -0.05) is 40.2 Å². The zero-order valence-corrected chi connectivity index (χ0v) is 19.2. The van der Waals surface area contributed by atoms with Crippen LogP contribution in [0.4, 0.5) is 5.95 Å². The van der Waals surface area contributed by atoms with E-state index in [9.17, 15) is 9.59 Å². The van der Waals surface area contributed by atoms with Crippen molar-refractivity contribution in [1.82, 2.24) is 19.2 Å². The van der Waals surface area contributed by atoms with Gasteiger partial charge in [-0.3, -0.25) is 14.2 Å². The summed E-state index contributed by atoms with van der Waals surface area (Å²) >= 11 is 3.49. The van der Waals surface area contributed by atoms with Crippen molar-refractivity contribution in [2.24, 2.45) is 5.73 Å². The molecular weight excluding hydrogens is 472 g/mol. The number of nitrogens with zero attached hydrogens (tertiary/aromatic N) is 5. The molecule has 1 amide bonds. The topological polar surface area (TPSA) is 98.5 Å². The molecule has 2 aromatic heterocycles. The van der Waals surface area contributed by atoms with Gasteiger partial charge in [0.15, 0.2) is 0 Å². The van der Waals surface area contributed by atoms with Gasteiger partial charge in [0.25, 0.3) is 5.56 Å². The highest BCUT2D eigenvalue weighted by atomic mass is 79.9. The molecule has 0 spiro atoms. The minimum absolute atomic E-state index is 0.122. The van der Waals surface area contributed by atoms with Crippen LogP contribution in [-0.4, -0.2) is 38.2 Å². The maximum Gasteiger partial charge on any atom is 0.263 e. The second-order valence-corrected chi connectivity index (χ2v) is 9.16. The molecule has 8 nitrogen and oxygen atoms in total. The molecule has 0 radical (unpaired) electrons. The van der Waals surface area contributed by atoms with Crippen LogP contribution in [0.2, 0.25) is 0 Å². The molecule has 1 aliphatic heterocycles. The van der Waals surface area contributed by atoms with Crippen LogP contribution in [0.5, 0.6) is 0 Å². The van der Waals surface area contributed by atoms with Gasteiger partial charge in [-0.25, -0.2) is 4.40 Å². The van der Waals surface area contributed by atoms with E-state index in [1.807, 2.05) is 46.9 Å². The number of fused-ring (bicyclic) bond motifs is 3. The van der Waals surface area contributed by atoms with Crippen molar-refractivity contribution in [1.29, 1.82) is 0 Å². The van der Waals surface area contributed by atoms with E-state index in [0.717, 1.165) is 53.0 Å². The van der Waals surface area contributed by atoms with Gasteiger partial charge in [0.1, 0.15) is 0 Å². The minimum Gasteiger partial charge on any atom is -0.369 e. The summed E-state index contributed by atoms with van der Waals surface area (Å²) in [6, 6.07) is 13.3. The number of primary amides is 1. The van der Waals surface area contributed by atoms with E-state index < -0.39 is 0 Å². The van der Waals surface area contributed by atoms with E-state index in [0.29, 0.717) is 17.7 Å². The van der Waals surface area contributed by atoms with E-state index in [1.165, 1.54) is 0 Å². The van der Waals surface area contributed by atoms with Crippen LogP contribution in [0.1, 0.15) is 36.8 Å². The second-order valence-electron chi connectivity index (χ2n) is 8.25. The van der Waals surface area contributed by atoms with Gasteiger partial charge in [-0.2, -0.15) is 0 Å². The van der Waals surface area contributed by atoms with Crippen molar-refractivity contribution < 1.29 is 4.79 Å². The Morgan fingerprint density at radius 2 is 1.84 bits per heavy atom. The van der Waals surface area contributed by atoms with Crippen LogP contribution in [0.15, 0.2) is 51.7 Å². The van der Waals surface area contributed by atoms with Crippen LogP contribution >= 0.6 is 15.9 Å². The molecule has 9 heteroatoms. The normalized spacial score (nSPS) is 15.0. The monoisotopic (exact) mass is 494 g/mol. The lowest BCUT2D eigenvalue weighted by Gasteiger charge is -2.17. The fraction of sp³-hybridized carbons (Fsp3) is 0.304. The molecule has 1 atom stereocenters. The van der Waals surface area contributed by atoms with Crippen molar-refractivity contribution in [2.45, 2.75) is 32.2 Å². The number of amides is 1. The number of benzene rings is 2. The molecule has 1 saturated heterocycles. The summed E-state index contributed by atoms with van der Waals surface area (Å²) in [5.74, 6) is 0.551. The van der Waals surface area contributed by atoms with Gasteiger partial charge in [0.05, 0.1) is 23.4 Å². The molecule has 5 rings (SSSR count). The Hall–Kier alpha value is -3.20. The highest BCUT2D eigenvalue weighted by Gasteiger charge is 2.23. The number of anilines is 1. The van der Waals surface area contributed by atoms with Crippen LogP contribution in [-0.2, 0) is 11.3 Å². The van der Waals surface area contributed by atoms with Crippen molar-refractivity contribution in [3.63, 3.8) is 0 Å². The van der Waals surface area contributed by atoms with Crippen molar-refractivity contribution in [3.05, 3.63) is 68.4 Å². The zero-order valence-electron chi connectivity index (χ0n) is 17.7. The molecule has 32 heavy (non-hydrogen) atoms. The Labute approximate surface area is 192 Å². The Balaban J connectivity index is 1.66. The number of hydrogen-bond donors (Lipinski definition) is 1. The number of carbonyl (C=O) groups excluding carboxylic acids is 1. The van der Waals surface area contributed by atoms with E-state index in [2.05, 4.69) is 31.0 Å². The summed E-state index contributed by atoms with van der Waals surface area (Å²) in [5.41, 5.74) is 7.87. The first-order valence-electron chi connectivity index (χ1n) is 10.6. The van der Waals surface area contributed by atoms with Crippen LogP contribution < -0.4 is 16.2 Å². The third-order valence-corrected chi connectivity index (χ3v) is 6.67. The first kappa shape index (κ1) is 20.7. The number of aromatic nitrogens is 4. The molecule has 3 heterocycles. The van der Waals surface area contributed by atoms with Crippen molar-refractivity contribution in [2.75, 3.05) is 18.0 Å². The molecule has 0 saturated carbocycles. The highest BCUT2D eigenvalue weighted by molar-refractivity contribution is 9.10. The number of halogens is 1. The van der Waals surface area contributed by atoms with Crippen molar-refractivity contribution in [3.8, 4) is 0 Å². The van der Waals surface area contributed by atoms with Crippen LogP contribution in [0.25, 0.3) is 16.7 Å². The average Bonchev–Trinajstić information content (AvgIpc) is 3.46. The van der Waals surface area contributed by atoms with Crippen LogP contribution in [0.3, 0.4) is 0 Å². The van der Waals surface area contributed by atoms with Crippen LogP contribution in [0, 0.1) is 0 Å². The van der Waals surface area contributed by atoms with E-state index in [-0.39, 0.29) is 17.4 Å². The molecule has 2 aromatic carbocycles. The first-order chi connectivity index (χ1) is 15.4. The van der Waals surface area contributed by atoms with Gasteiger partial charge >= 0.3 is 0 Å². The molecule has 1 unspecified atom stereocenters. The number of hydrogen-bond acceptors (Lipinski definition) is 5. The van der Waals surface area contributed by atoms with E-state index >= 15 is 0 Å². The number of carbonyl (C=O) groups is 1. The maximum absolute atomic E-state index is 13.5. The summed E-state index contributed by atoms with van der Waals surface area (Å²) in [7, 11) is 0. The summed E-state index contributed by atoms with van der Waals surface area (Å²) < 4.78 is 4.49. The lowest BCUT2D eigenvalue weighted by molar-refractivity contribution is -0.119. The van der Waals surface area contributed by atoms with Crippen molar-refractivity contribution >= 4 is 44.5 Å². The smallest absolute Gasteiger partial charge is 0.263 e. The Bertz CT molecular complexity index is 1390. The van der Waals surface area contributed by atoms with Gasteiger partial charge in [0, 0.05) is 17.6 Å². The SMILES string of the molecule is CC(C(N)=O)c1ccc(Cn2c(=O)c3cc(Br)ccc3n3c(N4CCCC4)nnc23)cc1. The predicted molar refractivity (Wildman–Crippen MR) is 127 cm³/mol. The predicted octanol–water partition coefficient (Wildman–Crippen LogP) is 3.04. The molecule has 2 N–H and O–H groups in total. The second kappa shape index (κ2) is 8.05. The number of nitrogens with two attached hydrogens (primary N) is 1. The number of rotatable bonds is 5. The summed E-state index contributed by atoms with van der Waals surface area (Å²) in [6.45, 7) is 3.98. The largest absolute Gasteiger partial charge is 0.369 e. The van der Waals surface area contributed by atoms with E-state index in [4.69, 9.17) is 5.73 Å². The fourth-order valence-electron chi connectivity index (χ4n) is 4.29. The minimum atomic E-state index is -0.367. The first-order valence-corrected chi connectivity index (χ1v) is 11.4. The molecule has 4 aromatic rings. The van der Waals surface area contributed by atoms with E-state index in [1.54, 1.807) is 11.5 Å². The fourth-order valence-corrected chi connectivity index (χ4v) is 4.65. The Kier molecular flexibility index (Phi) is 5.21. The summed E-state index contributed by atoms with van der Waals surface area (Å²) in [5, 5.41) is 9.49. The third kappa shape index (κ3) is 3.46. The zero-order chi connectivity index (χ0) is 22.4. The van der Waals surface area contributed by atoms with Gasteiger partial charge in [0.2, 0.25) is 17.6 Å². The molecule has 0 aliphatic carbocycles. The Morgan fingerprint density at radius 3 is 2.53 bits per heavy atom. The summed E-state index contributed by atoms with van der Waals surface area (Å²) in [6.07, 6.45) is 2.24. The van der Waals surface area contributed by atoms with Gasteiger partial charge in [-0.05, 0) is 49.1 Å². The third-order valence-electron chi connectivity index (χ3n) is 6.18. The standard InChI is InChI=1S/C23H23BrN6O2/c1-14(20(25)31)16-6-4-15(5-7-16)13-29-21(32)18-12-17(24)8-9-19(18)30-22(26-27-23(29)30)28-10-2-3-11-28/h4-9,12,14H,2-3,10-11,13H2,1H3,(H2,25,31). The van der Waals surface area contributed by atoms with Gasteiger partial charge in [-0.15, -0.1) is 10.2 Å². The molecule has 0 bridgehead atoms.